The van der Waals surface area contributed by atoms with Crippen LogP contribution in [0.4, 0.5) is 5.69 Å². The molecule has 5 heteroatoms. The number of aryl methyl sites for hydroxylation is 1. The van der Waals surface area contributed by atoms with Crippen LogP contribution in [-0.2, 0) is 0 Å². The van der Waals surface area contributed by atoms with Gasteiger partial charge in [0.05, 0.1) is 5.69 Å². The van der Waals surface area contributed by atoms with Crippen LogP contribution in [0.2, 0.25) is 0 Å². The van der Waals surface area contributed by atoms with Crippen molar-refractivity contribution in [3.05, 3.63) is 39.8 Å². The lowest BCUT2D eigenvalue weighted by Gasteiger charge is -2.02. The van der Waals surface area contributed by atoms with Crippen LogP contribution >= 0.6 is 11.6 Å². The van der Waals surface area contributed by atoms with Gasteiger partial charge in [0.1, 0.15) is 0 Å². The minimum atomic E-state index is -0.619. The average molecular weight is 196 g/mol. The molecule has 0 bridgehead atoms. The monoisotopic (exact) mass is 195 g/mol. The van der Waals surface area contributed by atoms with E-state index in [1.54, 1.807) is 19.1 Å². The summed E-state index contributed by atoms with van der Waals surface area (Å²) in [4.78, 5) is 13.5. The average Bonchev–Trinajstić information content (AvgIpc) is 2.08. The summed E-state index contributed by atoms with van der Waals surface area (Å²) < 4.78 is 0. The molecular weight excluding hydrogens is 190 g/mol. The zero-order valence-corrected chi connectivity index (χ0v) is 7.62. The predicted molar refractivity (Wildman–Crippen MR) is 50.2 cm³/mol. The summed E-state index contributed by atoms with van der Waals surface area (Å²) in [5.41, 5.74) is 9.51. The second-order valence-electron chi connectivity index (χ2n) is 2.43. The van der Waals surface area contributed by atoms with Gasteiger partial charge in [-0.2, -0.15) is 0 Å². The largest absolute Gasteiger partial charge is 0.276 e. The fraction of sp³-hybridized carbons (Fsp3) is 0.125. The number of benzene rings is 1. The Kier molecular flexibility index (Phi) is 2.90. The number of rotatable bonds is 2. The molecule has 4 nitrogen and oxygen atoms in total. The highest BCUT2D eigenvalue weighted by Gasteiger charge is 2.08. The highest BCUT2D eigenvalue weighted by atomic mass is 35.5. The Morgan fingerprint density at radius 2 is 2.31 bits per heavy atom. The van der Waals surface area contributed by atoms with Gasteiger partial charge in [0, 0.05) is 10.5 Å². The molecule has 0 heterocycles. The lowest BCUT2D eigenvalue weighted by atomic mass is 10.1. The first-order valence-corrected chi connectivity index (χ1v) is 3.89. The van der Waals surface area contributed by atoms with Gasteiger partial charge >= 0.3 is 0 Å². The minimum absolute atomic E-state index is 0.236. The lowest BCUT2D eigenvalue weighted by Crippen LogP contribution is -1.90. The fourth-order valence-corrected chi connectivity index (χ4v) is 1.15. The van der Waals surface area contributed by atoms with Gasteiger partial charge in [-0.25, -0.2) is 0 Å². The zero-order valence-electron chi connectivity index (χ0n) is 6.86. The van der Waals surface area contributed by atoms with Crippen LogP contribution in [0.25, 0.3) is 10.4 Å². The molecule has 0 unspecified atom stereocenters. The van der Waals surface area contributed by atoms with E-state index < -0.39 is 5.24 Å². The molecular formula is C8H6ClN3O. The van der Waals surface area contributed by atoms with Gasteiger partial charge in [-0.1, -0.05) is 17.2 Å². The molecule has 0 radical (unpaired) electrons. The summed E-state index contributed by atoms with van der Waals surface area (Å²) >= 11 is 5.29. The van der Waals surface area contributed by atoms with Gasteiger partial charge in [-0.3, -0.25) is 4.79 Å². The first-order valence-electron chi connectivity index (χ1n) is 3.51. The third-order valence-electron chi connectivity index (χ3n) is 1.59. The van der Waals surface area contributed by atoms with Crippen LogP contribution in [0.3, 0.4) is 0 Å². The molecule has 13 heavy (non-hydrogen) atoms. The van der Waals surface area contributed by atoms with Crippen molar-refractivity contribution >= 4 is 22.5 Å². The highest BCUT2D eigenvalue weighted by molar-refractivity contribution is 6.68. The van der Waals surface area contributed by atoms with E-state index in [1.165, 1.54) is 6.07 Å². The molecule has 1 rings (SSSR count). The smallest absolute Gasteiger partial charge is 0.252 e. The van der Waals surface area contributed by atoms with Crippen molar-refractivity contribution in [2.45, 2.75) is 6.92 Å². The van der Waals surface area contributed by atoms with Gasteiger partial charge in [0.2, 0.25) is 0 Å². The Balaban J connectivity index is 3.42. The van der Waals surface area contributed by atoms with Crippen LogP contribution in [0.1, 0.15) is 15.9 Å². The van der Waals surface area contributed by atoms with Crippen molar-refractivity contribution in [1.82, 2.24) is 0 Å². The van der Waals surface area contributed by atoms with Crippen molar-refractivity contribution < 1.29 is 4.79 Å². The Labute approximate surface area is 79.8 Å². The summed E-state index contributed by atoms with van der Waals surface area (Å²) in [5.74, 6) is 0. The maximum Gasteiger partial charge on any atom is 0.252 e. The Bertz CT molecular complexity index is 396. The van der Waals surface area contributed by atoms with E-state index in [1.807, 2.05) is 0 Å². The van der Waals surface area contributed by atoms with E-state index in [0.717, 1.165) is 5.56 Å². The molecule has 1 aromatic rings. The normalized spacial score (nSPS) is 9.08. The summed E-state index contributed by atoms with van der Waals surface area (Å²) in [6.45, 7) is 1.74. The Morgan fingerprint density at radius 1 is 1.62 bits per heavy atom. The number of hydrogen-bond donors (Lipinski definition) is 0. The highest BCUT2D eigenvalue weighted by Crippen LogP contribution is 2.25. The maximum atomic E-state index is 10.9. The molecule has 0 aliphatic heterocycles. The first-order chi connectivity index (χ1) is 6.16. The third kappa shape index (κ3) is 1.99. The second kappa shape index (κ2) is 3.94. The molecule has 0 aromatic heterocycles. The topological polar surface area (TPSA) is 65.8 Å². The van der Waals surface area contributed by atoms with E-state index in [0.29, 0.717) is 5.69 Å². The quantitative estimate of drug-likeness (QED) is 0.309. The summed E-state index contributed by atoms with van der Waals surface area (Å²) in [6, 6.07) is 4.95. The van der Waals surface area contributed by atoms with Gasteiger partial charge in [0.15, 0.2) is 0 Å². The summed E-state index contributed by atoms with van der Waals surface area (Å²) in [7, 11) is 0. The maximum absolute atomic E-state index is 10.9. The number of azide groups is 1. The molecule has 0 amide bonds. The molecule has 0 fully saturated rings. The van der Waals surface area contributed by atoms with Crippen LogP contribution in [-0.4, -0.2) is 5.24 Å². The van der Waals surface area contributed by atoms with E-state index in [2.05, 4.69) is 10.0 Å². The van der Waals surface area contributed by atoms with Crippen molar-refractivity contribution in [2.24, 2.45) is 5.11 Å². The molecule has 1 aromatic carbocycles. The number of carbonyl (C=O) groups is 1. The van der Waals surface area contributed by atoms with Crippen LogP contribution in [0.15, 0.2) is 23.3 Å². The molecule has 66 valence electrons. The number of hydrogen-bond acceptors (Lipinski definition) is 2. The fourth-order valence-electron chi connectivity index (χ4n) is 0.995. The van der Waals surface area contributed by atoms with Crippen LogP contribution < -0.4 is 0 Å². The van der Waals surface area contributed by atoms with Crippen molar-refractivity contribution in [3.63, 3.8) is 0 Å². The van der Waals surface area contributed by atoms with E-state index in [4.69, 9.17) is 17.1 Å². The SMILES string of the molecule is Cc1cccc(C(=O)Cl)c1N=[N+]=[N-]. The second-order valence-corrected chi connectivity index (χ2v) is 2.78. The standard InChI is InChI=1S/C8H6ClN3O/c1-5-3-2-4-6(8(9)13)7(5)11-12-10/h2-4H,1H3. The van der Waals surface area contributed by atoms with E-state index in [-0.39, 0.29) is 5.56 Å². The van der Waals surface area contributed by atoms with E-state index in [9.17, 15) is 4.79 Å². The predicted octanol–water partition coefficient (Wildman–Crippen LogP) is 3.32. The lowest BCUT2D eigenvalue weighted by molar-refractivity contribution is 0.108. The molecule has 0 atom stereocenters. The summed E-state index contributed by atoms with van der Waals surface area (Å²) in [5, 5.41) is 2.78. The van der Waals surface area contributed by atoms with Crippen molar-refractivity contribution in [3.8, 4) is 0 Å². The molecule has 0 aliphatic rings. The number of halogens is 1. The van der Waals surface area contributed by atoms with Gasteiger partial charge in [-0.05, 0) is 35.7 Å². The molecule has 0 aliphatic carbocycles. The number of nitrogens with zero attached hydrogens (tertiary/aromatic N) is 3. The molecule has 0 saturated carbocycles. The zero-order chi connectivity index (χ0) is 9.84. The Morgan fingerprint density at radius 3 is 2.85 bits per heavy atom. The Hall–Kier alpha value is -1.51. The van der Waals surface area contributed by atoms with Crippen molar-refractivity contribution in [1.29, 1.82) is 0 Å². The number of carbonyl (C=O) groups excluding carboxylic acids is 1. The first kappa shape index (κ1) is 9.58. The summed E-state index contributed by atoms with van der Waals surface area (Å²) in [6.07, 6.45) is 0. The third-order valence-corrected chi connectivity index (χ3v) is 1.80. The molecule has 0 N–H and O–H groups in total. The van der Waals surface area contributed by atoms with Crippen LogP contribution in [0, 0.1) is 6.92 Å². The van der Waals surface area contributed by atoms with Gasteiger partial charge in [0.25, 0.3) is 5.24 Å². The van der Waals surface area contributed by atoms with Crippen molar-refractivity contribution in [2.75, 3.05) is 0 Å². The van der Waals surface area contributed by atoms with Gasteiger partial charge in [-0.15, -0.1) is 0 Å². The van der Waals surface area contributed by atoms with Crippen LogP contribution in [0.5, 0.6) is 0 Å². The minimum Gasteiger partial charge on any atom is -0.276 e. The molecule has 0 saturated heterocycles. The van der Waals surface area contributed by atoms with E-state index >= 15 is 0 Å². The van der Waals surface area contributed by atoms with Gasteiger partial charge < -0.3 is 0 Å². The molecule has 0 spiro atoms.